The molecule has 1 aliphatic rings. The molecule has 1 aliphatic heterocycles. The van der Waals surface area contributed by atoms with Gasteiger partial charge in [0.05, 0.1) is 32.5 Å². The molecule has 0 radical (unpaired) electrons. The summed E-state index contributed by atoms with van der Waals surface area (Å²) in [5.41, 5.74) is 5.07. The maximum atomic E-state index is 15.9. The minimum absolute atomic E-state index is 0.0195. The summed E-state index contributed by atoms with van der Waals surface area (Å²) in [4.78, 5) is 29.0. The van der Waals surface area contributed by atoms with Crippen LogP contribution in [0, 0.1) is 24.4 Å². The molecule has 1 fully saturated rings. The number of benzene rings is 1. The molecule has 0 aliphatic carbocycles. The fourth-order valence-corrected chi connectivity index (χ4v) is 5.57. The van der Waals surface area contributed by atoms with Crippen molar-refractivity contribution in [1.82, 2.24) is 24.8 Å². The molecule has 8 nitrogen and oxygen atoms in total. The van der Waals surface area contributed by atoms with E-state index in [1.807, 2.05) is 25.7 Å². The number of halogens is 5. The molecule has 0 amide bonds. The topological polar surface area (TPSA) is 102 Å². The standard InChI is InChI=1S/C27H26Cl2F3N7O/c1-11(2)22-24(12(3)5-6-35-22)39-26-14(25(37-27(39)40)38-8-7-34-13(4)10-38)9-15(30)23(36-26)16-17(28)19(31)20(32)21(33)18(16)29/h5-6,9,11,13,34H,7-8,10,33H2,1-4H3/t13-/m1/s1. The van der Waals surface area contributed by atoms with E-state index >= 15 is 4.39 Å². The second-order valence-electron chi connectivity index (χ2n) is 10.1. The summed E-state index contributed by atoms with van der Waals surface area (Å²) >= 11 is 12.4. The van der Waals surface area contributed by atoms with Gasteiger partial charge in [0, 0.05) is 37.4 Å². The number of pyridine rings is 2. The lowest BCUT2D eigenvalue weighted by Crippen LogP contribution is -2.50. The van der Waals surface area contributed by atoms with E-state index in [1.165, 1.54) is 4.57 Å². The van der Waals surface area contributed by atoms with E-state index in [-0.39, 0.29) is 28.8 Å². The monoisotopic (exact) mass is 591 g/mol. The van der Waals surface area contributed by atoms with Crippen LogP contribution >= 0.6 is 23.2 Å². The Bertz CT molecular complexity index is 1700. The van der Waals surface area contributed by atoms with Crippen molar-refractivity contribution in [3.05, 3.63) is 67.6 Å². The van der Waals surface area contributed by atoms with Crippen molar-refractivity contribution in [1.29, 1.82) is 0 Å². The first-order valence-corrected chi connectivity index (χ1v) is 13.4. The zero-order valence-corrected chi connectivity index (χ0v) is 23.6. The first-order chi connectivity index (χ1) is 18.9. The normalized spacial score (nSPS) is 15.8. The Labute approximate surface area is 238 Å². The van der Waals surface area contributed by atoms with Crippen LogP contribution in [-0.2, 0) is 0 Å². The molecular formula is C27H26Cl2F3N7O. The lowest BCUT2D eigenvalue weighted by Gasteiger charge is -2.33. The summed E-state index contributed by atoms with van der Waals surface area (Å²) in [6.45, 7) is 9.28. The molecule has 3 N–H and O–H groups in total. The van der Waals surface area contributed by atoms with Gasteiger partial charge >= 0.3 is 5.69 Å². The van der Waals surface area contributed by atoms with Crippen molar-refractivity contribution in [2.75, 3.05) is 30.3 Å². The summed E-state index contributed by atoms with van der Waals surface area (Å²) in [7, 11) is 0. The summed E-state index contributed by atoms with van der Waals surface area (Å²) < 4.78 is 46.0. The van der Waals surface area contributed by atoms with Gasteiger partial charge in [0.25, 0.3) is 0 Å². The van der Waals surface area contributed by atoms with Crippen molar-refractivity contribution in [3.8, 4) is 16.9 Å². The number of nitrogens with zero attached hydrogens (tertiary/aromatic N) is 5. The first kappa shape index (κ1) is 28.1. The Balaban J connectivity index is 1.93. The average Bonchev–Trinajstić information content (AvgIpc) is 2.91. The molecule has 210 valence electrons. The molecular weight excluding hydrogens is 566 g/mol. The number of anilines is 2. The van der Waals surface area contributed by atoms with Gasteiger partial charge in [0.15, 0.2) is 17.3 Å². The minimum atomic E-state index is -1.49. The summed E-state index contributed by atoms with van der Waals surface area (Å²) in [5, 5.41) is 2.26. The van der Waals surface area contributed by atoms with Crippen molar-refractivity contribution in [2.45, 2.75) is 39.7 Å². The van der Waals surface area contributed by atoms with Gasteiger partial charge in [-0.2, -0.15) is 4.98 Å². The lowest BCUT2D eigenvalue weighted by atomic mass is 10.0. The summed E-state index contributed by atoms with van der Waals surface area (Å²) in [5.74, 6) is -3.74. The molecule has 1 saturated heterocycles. The highest BCUT2D eigenvalue weighted by atomic mass is 35.5. The Morgan fingerprint density at radius 2 is 1.88 bits per heavy atom. The number of nitrogens with one attached hydrogen (secondary N) is 1. The third kappa shape index (κ3) is 4.55. The van der Waals surface area contributed by atoms with Crippen molar-refractivity contribution in [2.24, 2.45) is 0 Å². The van der Waals surface area contributed by atoms with E-state index in [1.54, 1.807) is 19.2 Å². The minimum Gasteiger partial charge on any atom is -0.395 e. The SMILES string of the molecule is Cc1ccnc(C(C)C)c1-n1c(=O)nc(N2CCN[C@H](C)C2)c2cc(F)c(-c3c(Cl)c(N)c(F)c(F)c3Cl)nc21. The van der Waals surface area contributed by atoms with E-state index in [4.69, 9.17) is 28.9 Å². The Hall–Kier alpha value is -3.41. The van der Waals surface area contributed by atoms with E-state index in [2.05, 4.69) is 20.3 Å². The molecule has 1 aromatic carbocycles. The summed E-state index contributed by atoms with van der Waals surface area (Å²) in [6, 6.07) is 2.97. The zero-order chi connectivity index (χ0) is 29.0. The van der Waals surface area contributed by atoms with Gasteiger partial charge in [-0.15, -0.1) is 0 Å². The number of hydrogen-bond donors (Lipinski definition) is 2. The van der Waals surface area contributed by atoms with E-state index in [0.29, 0.717) is 36.6 Å². The zero-order valence-electron chi connectivity index (χ0n) is 22.1. The van der Waals surface area contributed by atoms with Crippen molar-refractivity contribution in [3.63, 3.8) is 0 Å². The molecule has 0 saturated carbocycles. The van der Waals surface area contributed by atoms with Crippen molar-refractivity contribution < 1.29 is 13.2 Å². The third-order valence-electron chi connectivity index (χ3n) is 6.93. The first-order valence-electron chi connectivity index (χ1n) is 12.6. The number of piperazine rings is 1. The van der Waals surface area contributed by atoms with Gasteiger partial charge in [-0.25, -0.2) is 27.5 Å². The number of nitrogens with two attached hydrogens (primary N) is 1. The van der Waals surface area contributed by atoms with Gasteiger partial charge in [-0.3, -0.25) is 4.98 Å². The van der Waals surface area contributed by atoms with Crippen LogP contribution in [0.2, 0.25) is 10.0 Å². The maximum absolute atomic E-state index is 15.9. The highest BCUT2D eigenvalue weighted by molar-refractivity contribution is 6.41. The maximum Gasteiger partial charge on any atom is 0.355 e. The molecule has 4 heterocycles. The summed E-state index contributed by atoms with van der Waals surface area (Å²) in [6.07, 6.45) is 1.63. The van der Waals surface area contributed by atoms with Crippen LogP contribution in [0.25, 0.3) is 28.0 Å². The van der Waals surface area contributed by atoms with Crippen molar-refractivity contribution >= 4 is 45.7 Å². The van der Waals surface area contributed by atoms with Crippen LogP contribution < -0.4 is 21.6 Å². The predicted octanol–water partition coefficient (Wildman–Crippen LogP) is 5.38. The van der Waals surface area contributed by atoms with Gasteiger partial charge in [-0.1, -0.05) is 37.0 Å². The van der Waals surface area contributed by atoms with Gasteiger partial charge < -0.3 is 16.0 Å². The lowest BCUT2D eigenvalue weighted by molar-refractivity contribution is 0.482. The molecule has 1 atom stereocenters. The number of fused-ring (bicyclic) bond motifs is 1. The second kappa shape index (κ2) is 10.5. The largest absolute Gasteiger partial charge is 0.395 e. The highest BCUT2D eigenvalue weighted by Gasteiger charge is 2.29. The highest BCUT2D eigenvalue weighted by Crippen LogP contribution is 2.43. The van der Waals surface area contributed by atoms with Crippen LogP contribution in [0.5, 0.6) is 0 Å². The number of nitrogen functional groups attached to an aromatic ring is 1. The number of hydrogen-bond acceptors (Lipinski definition) is 7. The number of rotatable bonds is 4. The molecule has 13 heteroatoms. The van der Waals surface area contributed by atoms with E-state index < -0.39 is 50.1 Å². The molecule has 0 unspecified atom stereocenters. The van der Waals surface area contributed by atoms with Gasteiger partial charge in [-0.05, 0) is 37.5 Å². The Morgan fingerprint density at radius 3 is 2.55 bits per heavy atom. The quantitative estimate of drug-likeness (QED) is 0.187. The van der Waals surface area contributed by atoms with Crippen LogP contribution in [0.1, 0.15) is 37.9 Å². The number of aryl methyl sites for hydroxylation is 1. The van der Waals surface area contributed by atoms with Crippen LogP contribution in [-0.4, -0.2) is 45.2 Å². The molecule has 0 spiro atoms. The van der Waals surface area contributed by atoms with Gasteiger partial charge in [0.1, 0.15) is 17.3 Å². The Morgan fingerprint density at radius 1 is 1.15 bits per heavy atom. The average molecular weight is 592 g/mol. The Kier molecular flexibility index (Phi) is 7.41. The predicted molar refractivity (Wildman–Crippen MR) is 151 cm³/mol. The fraction of sp³-hybridized carbons (Fsp3) is 0.333. The molecule has 0 bridgehead atoms. The van der Waals surface area contributed by atoms with E-state index in [9.17, 15) is 13.6 Å². The molecule has 5 rings (SSSR count). The second-order valence-corrected chi connectivity index (χ2v) is 10.9. The van der Waals surface area contributed by atoms with Crippen LogP contribution in [0.3, 0.4) is 0 Å². The fourth-order valence-electron chi connectivity index (χ4n) is 4.99. The molecule has 3 aromatic heterocycles. The van der Waals surface area contributed by atoms with Gasteiger partial charge in [0.2, 0.25) is 0 Å². The van der Waals surface area contributed by atoms with Crippen LogP contribution in [0.4, 0.5) is 24.7 Å². The third-order valence-corrected chi connectivity index (χ3v) is 7.68. The van der Waals surface area contributed by atoms with E-state index in [0.717, 1.165) is 6.07 Å². The number of aromatic nitrogens is 4. The van der Waals surface area contributed by atoms with Crippen LogP contribution in [0.15, 0.2) is 23.1 Å². The molecule has 4 aromatic rings. The molecule has 40 heavy (non-hydrogen) atoms. The smallest absolute Gasteiger partial charge is 0.355 e.